The van der Waals surface area contributed by atoms with Crippen LogP contribution in [0.4, 0.5) is 0 Å². The number of fused-ring (bicyclic) bond motifs is 3. The molecule has 0 unspecified atom stereocenters. The second-order valence-corrected chi connectivity index (χ2v) is 8.42. The van der Waals surface area contributed by atoms with Crippen molar-refractivity contribution in [2.75, 3.05) is 13.3 Å². The lowest BCUT2D eigenvalue weighted by Crippen LogP contribution is -2.33. The van der Waals surface area contributed by atoms with Crippen LogP contribution in [0.1, 0.15) is 27.0 Å². The fourth-order valence-electron chi connectivity index (χ4n) is 3.88. The van der Waals surface area contributed by atoms with Crippen LogP contribution in [0.2, 0.25) is 10.0 Å². The van der Waals surface area contributed by atoms with E-state index < -0.39 is 0 Å². The van der Waals surface area contributed by atoms with Crippen molar-refractivity contribution in [2.24, 2.45) is 0 Å². The Hall–Kier alpha value is -2.79. The van der Waals surface area contributed by atoms with Crippen molar-refractivity contribution in [3.63, 3.8) is 0 Å². The zero-order chi connectivity index (χ0) is 21.4. The van der Waals surface area contributed by atoms with Gasteiger partial charge in [-0.05, 0) is 54.0 Å². The number of hydrogen-bond acceptors (Lipinski definition) is 4. The standard InChI is InChI=1S/C25H19Cl2NO3/c26-18-6-3-4-16(12-18)13-23-24(29)19-8-9-22-20(25(19)31-23)14-28(15-30-22)11-10-17-5-1-2-7-21(17)27/h1-9,12-13H,10-11,14-15H2/b23-13-. The van der Waals surface area contributed by atoms with Crippen LogP contribution in [0.25, 0.3) is 6.08 Å². The van der Waals surface area contributed by atoms with Gasteiger partial charge in [0.1, 0.15) is 18.2 Å². The van der Waals surface area contributed by atoms with Crippen molar-refractivity contribution in [3.05, 3.63) is 98.7 Å². The van der Waals surface area contributed by atoms with Crippen LogP contribution in [-0.2, 0) is 13.0 Å². The van der Waals surface area contributed by atoms with Crippen LogP contribution < -0.4 is 9.47 Å². The van der Waals surface area contributed by atoms with Crippen molar-refractivity contribution in [1.82, 2.24) is 4.90 Å². The maximum Gasteiger partial charge on any atom is 0.231 e. The summed E-state index contributed by atoms with van der Waals surface area (Å²) in [5.74, 6) is 1.49. The van der Waals surface area contributed by atoms with E-state index in [-0.39, 0.29) is 5.78 Å². The molecule has 0 aliphatic carbocycles. The monoisotopic (exact) mass is 451 g/mol. The van der Waals surface area contributed by atoms with Gasteiger partial charge in [-0.3, -0.25) is 9.69 Å². The van der Waals surface area contributed by atoms with Crippen LogP contribution in [0.3, 0.4) is 0 Å². The average molecular weight is 452 g/mol. The molecule has 0 amide bonds. The number of ketones is 1. The largest absolute Gasteiger partial charge is 0.478 e. The SMILES string of the molecule is O=C1/C(=C/c2cccc(Cl)c2)Oc2c1ccc1c2CN(CCc2ccccc2Cl)CO1. The van der Waals surface area contributed by atoms with Crippen molar-refractivity contribution in [3.8, 4) is 11.5 Å². The first kappa shape index (κ1) is 20.1. The molecule has 0 spiro atoms. The second kappa shape index (κ2) is 8.39. The summed E-state index contributed by atoms with van der Waals surface area (Å²) in [4.78, 5) is 15.1. The molecule has 4 nitrogen and oxygen atoms in total. The predicted molar refractivity (Wildman–Crippen MR) is 122 cm³/mol. The van der Waals surface area contributed by atoms with Gasteiger partial charge in [0.25, 0.3) is 0 Å². The summed E-state index contributed by atoms with van der Waals surface area (Å²) < 4.78 is 12.0. The van der Waals surface area contributed by atoms with Crippen LogP contribution in [0, 0.1) is 0 Å². The average Bonchev–Trinajstić information content (AvgIpc) is 3.09. The molecule has 0 fully saturated rings. The van der Waals surface area contributed by atoms with Gasteiger partial charge in [-0.15, -0.1) is 0 Å². The third kappa shape index (κ3) is 4.07. The highest BCUT2D eigenvalue weighted by atomic mass is 35.5. The van der Waals surface area contributed by atoms with E-state index in [9.17, 15) is 4.79 Å². The molecule has 3 aromatic carbocycles. The molecule has 2 aliphatic rings. The highest BCUT2D eigenvalue weighted by Crippen LogP contribution is 2.42. The van der Waals surface area contributed by atoms with E-state index in [1.165, 1.54) is 0 Å². The van der Waals surface area contributed by atoms with Crippen molar-refractivity contribution < 1.29 is 14.3 Å². The van der Waals surface area contributed by atoms with E-state index in [2.05, 4.69) is 4.90 Å². The van der Waals surface area contributed by atoms with Gasteiger partial charge >= 0.3 is 0 Å². The number of benzene rings is 3. The molecule has 0 saturated carbocycles. The van der Waals surface area contributed by atoms with Gasteiger partial charge in [-0.25, -0.2) is 0 Å². The third-order valence-electron chi connectivity index (χ3n) is 5.48. The number of carbonyl (C=O) groups excluding carboxylic acids is 1. The molecule has 0 radical (unpaired) electrons. The molecular formula is C25H19Cl2NO3. The van der Waals surface area contributed by atoms with E-state index in [1.807, 2.05) is 42.5 Å². The number of hydrogen-bond donors (Lipinski definition) is 0. The summed E-state index contributed by atoms with van der Waals surface area (Å²) >= 11 is 12.4. The highest BCUT2D eigenvalue weighted by Gasteiger charge is 2.33. The van der Waals surface area contributed by atoms with E-state index in [1.54, 1.807) is 24.3 Å². The minimum Gasteiger partial charge on any atom is -0.478 e. The molecule has 6 heteroatoms. The zero-order valence-corrected chi connectivity index (χ0v) is 18.1. The zero-order valence-electron chi connectivity index (χ0n) is 16.6. The van der Waals surface area contributed by atoms with Gasteiger partial charge in [0.2, 0.25) is 5.78 Å². The van der Waals surface area contributed by atoms with Crippen molar-refractivity contribution in [2.45, 2.75) is 13.0 Å². The van der Waals surface area contributed by atoms with Crippen molar-refractivity contribution in [1.29, 1.82) is 0 Å². The number of rotatable bonds is 4. The maximum atomic E-state index is 12.9. The first-order valence-electron chi connectivity index (χ1n) is 10.0. The molecule has 2 aliphatic heterocycles. The Bertz CT molecular complexity index is 1210. The molecule has 2 heterocycles. The molecule has 0 N–H and O–H groups in total. The minimum absolute atomic E-state index is 0.133. The van der Waals surface area contributed by atoms with Gasteiger partial charge in [-0.2, -0.15) is 0 Å². The van der Waals surface area contributed by atoms with Crippen LogP contribution in [0.5, 0.6) is 11.5 Å². The molecular weight excluding hydrogens is 433 g/mol. The van der Waals surface area contributed by atoms with Gasteiger partial charge < -0.3 is 9.47 Å². The van der Waals surface area contributed by atoms with Crippen LogP contribution in [-0.4, -0.2) is 24.0 Å². The predicted octanol–water partition coefficient (Wildman–Crippen LogP) is 6.00. The van der Waals surface area contributed by atoms with E-state index >= 15 is 0 Å². The lowest BCUT2D eigenvalue weighted by Gasteiger charge is -2.29. The molecule has 0 saturated heterocycles. The van der Waals surface area contributed by atoms with E-state index in [0.717, 1.165) is 40.4 Å². The topological polar surface area (TPSA) is 38.8 Å². The number of nitrogens with zero attached hydrogens (tertiary/aromatic N) is 1. The van der Waals surface area contributed by atoms with E-state index in [4.69, 9.17) is 32.7 Å². The fraction of sp³-hybridized carbons (Fsp3) is 0.160. The number of allylic oxidation sites excluding steroid dienone is 1. The quantitative estimate of drug-likeness (QED) is 0.455. The smallest absolute Gasteiger partial charge is 0.231 e. The highest BCUT2D eigenvalue weighted by molar-refractivity contribution is 6.31. The summed E-state index contributed by atoms with van der Waals surface area (Å²) in [5.41, 5.74) is 3.37. The molecule has 0 bridgehead atoms. The van der Waals surface area contributed by atoms with Crippen LogP contribution in [0.15, 0.2) is 66.4 Å². The number of carbonyl (C=O) groups is 1. The van der Waals surface area contributed by atoms with Gasteiger partial charge in [0.05, 0.1) is 11.1 Å². The Kier molecular flexibility index (Phi) is 5.45. The Morgan fingerprint density at radius 1 is 1.03 bits per heavy atom. The Morgan fingerprint density at radius 3 is 2.74 bits per heavy atom. The number of Topliss-reactive ketones (excluding diaryl/α,β-unsaturated/α-hetero) is 1. The number of ether oxygens (including phenoxy) is 2. The van der Waals surface area contributed by atoms with Crippen molar-refractivity contribution >= 4 is 35.1 Å². The molecule has 0 aromatic heterocycles. The lowest BCUT2D eigenvalue weighted by atomic mass is 10.0. The first-order valence-corrected chi connectivity index (χ1v) is 10.8. The molecule has 156 valence electrons. The molecule has 5 rings (SSSR count). The summed E-state index contributed by atoms with van der Waals surface area (Å²) in [5, 5.41) is 1.38. The molecule has 31 heavy (non-hydrogen) atoms. The van der Waals surface area contributed by atoms with Crippen LogP contribution >= 0.6 is 23.2 Å². The van der Waals surface area contributed by atoms with Gasteiger partial charge in [0.15, 0.2) is 5.76 Å². The summed E-state index contributed by atoms with van der Waals surface area (Å²) in [6.07, 6.45) is 2.53. The third-order valence-corrected chi connectivity index (χ3v) is 6.09. The number of halogens is 2. The second-order valence-electron chi connectivity index (χ2n) is 7.58. The summed E-state index contributed by atoms with van der Waals surface area (Å²) in [6, 6.07) is 18.8. The fourth-order valence-corrected chi connectivity index (χ4v) is 4.30. The summed E-state index contributed by atoms with van der Waals surface area (Å²) in [7, 11) is 0. The first-order chi connectivity index (χ1) is 15.1. The van der Waals surface area contributed by atoms with Gasteiger partial charge in [0, 0.05) is 23.1 Å². The Labute approximate surface area is 190 Å². The maximum absolute atomic E-state index is 12.9. The Morgan fingerprint density at radius 2 is 1.90 bits per heavy atom. The molecule has 0 atom stereocenters. The van der Waals surface area contributed by atoms with Gasteiger partial charge in [-0.1, -0.05) is 53.5 Å². The molecule has 3 aromatic rings. The normalized spacial score (nSPS) is 16.6. The Balaban J connectivity index is 1.37. The summed E-state index contributed by atoms with van der Waals surface area (Å²) in [6.45, 7) is 1.90. The lowest BCUT2D eigenvalue weighted by molar-refractivity contribution is 0.0950. The van der Waals surface area contributed by atoms with E-state index in [0.29, 0.717) is 35.4 Å². The minimum atomic E-state index is -0.133.